The largest absolute Gasteiger partial charge is 0.365 e. The number of nitrogens with one attached hydrogen (secondary N) is 1. The zero-order valence-corrected chi connectivity index (χ0v) is 14.2. The Hall–Kier alpha value is -2.61. The summed E-state index contributed by atoms with van der Waals surface area (Å²) in [6, 6.07) is 11.9. The number of anilines is 1. The fraction of sp³-hybridized carbons (Fsp3) is 0.450. The molecular weight excluding hydrogens is 312 g/mol. The third-order valence-electron chi connectivity index (χ3n) is 5.37. The van der Waals surface area contributed by atoms with Gasteiger partial charge in [0.25, 0.3) is 0 Å². The predicted octanol–water partition coefficient (Wildman–Crippen LogP) is 3.31. The van der Waals surface area contributed by atoms with Gasteiger partial charge in [-0.25, -0.2) is 4.98 Å². The van der Waals surface area contributed by atoms with E-state index in [0.29, 0.717) is 11.5 Å². The number of rotatable bonds is 3. The van der Waals surface area contributed by atoms with Crippen LogP contribution in [0.4, 0.5) is 5.82 Å². The summed E-state index contributed by atoms with van der Waals surface area (Å²) in [5.41, 5.74) is 1.52. The molecule has 0 bridgehead atoms. The van der Waals surface area contributed by atoms with Gasteiger partial charge in [-0.1, -0.05) is 12.8 Å². The molecule has 2 aliphatic rings. The SMILES string of the molecule is N#Cc1ccc2nc(N[C@H]3CCN(C(=O)C4CCCC4)C3)ccc2c1. The maximum absolute atomic E-state index is 12.5. The Morgan fingerprint density at radius 1 is 1.20 bits per heavy atom. The summed E-state index contributed by atoms with van der Waals surface area (Å²) in [6.07, 6.45) is 5.47. The smallest absolute Gasteiger partial charge is 0.225 e. The second kappa shape index (κ2) is 6.72. The Bertz CT molecular complexity index is 835. The van der Waals surface area contributed by atoms with E-state index in [0.717, 1.165) is 49.1 Å². The summed E-state index contributed by atoms with van der Waals surface area (Å²) < 4.78 is 0. The standard InChI is InChI=1S/C20H22N4O/c21-12-14-5-7-18-16(11-14)6-8-19(23-18)22-17-9-10-24(13-17)20(25)15-3-1-2-4-15/h5-8,11,15,17H,1-4,9-10,13H2,(H,22,23)/t17-/m0/s1. The van der Waals surface area contributed by atoms with Crippen molar-refractivity contribution in [2.24, 2.45) is 5.92 Å². The second-order valence-corrected chi connectivity index (χ2v) is 7.11. The monoisotopic (exact) mass is 334 g/mol. The number of carbonyl (C=O) groups excluding carboxylic acids is 1. The second-order valence-electron chi connectivity index (χ2n) is 7.11. The molecule has 0 spiro atoms. The number of pyridine rings is 1. The lowest BCUT2D eigenvalue weighted by atomic mass is 10.1. The fourth-order valence-electron chi connectivity index (χ4n) is 3.99. The van der Waals surface area contributed by atoms with E-state index in [1.165, 1.54) is 12.8 Å². The molecule has 1 atom stereocenters. The summed E-state index contributed by atoms with van der Waals surface area (Å²) in [7, 11) is 0. The molecule has 4 rings (SSSR count). The number of aromatic nitrogens is 1. The van der Waals surface area contributed by atoms with E-state index in [1.54, 1.807) is 6.07 Å². The molecule has 128 valence electrons. The van der Waals surface area contributed by atoms with E-state index in [2.05, 4.69) is 16.4 Å². The van der Waals surface area contributed by atoms with Gasteiger partial charge in [0.1, 0.15) is 5.82 Å². The van der Waals surface area contributed by atoms with Gasteiger partial charge in [-0.2, -0.15) is 5.26 Å². The summed E-state index contributed by atoms with van der Waals surface area (Å²) >= 11 is 0. The molecule has 2 aromatic rings. The molecule has 1 aliphatic carbocycles. The van der Waals surface area contributed by atoms with Crippen LogP contribution in [0.15, 0.2) is 30.3 Å². The van der Waals surface area contributed by atoms with E-state index in [-0.39, 0.29) is 12.0 Å². The minimum absolute atomic E-state index is 0.256. The summed E-state index contributed by atoms with van der Waals surface area (Å²) in [6.45, 7) is 1.61. The molecule has 5 heteroatoms. The first-order valence-electron chi connectivity index (χ1n) is 9.09. The Morgan fingerprint density at radius 3 is 2.84 bits per heavy atom. The first-order chi connectivity index (χ1) is 12.2. The molecule has 1 N–H and O–H groups in total. The molecule has 25 heavy (non-hydrogen) atoms. The number of hydrogen-bond donors (Lipinski definition) is 1. The molecule has 1 aromatic heterocycles. The average molecular weight is 334 g/mol. The predicted molar refractivity (Wildman–Crippen MR) is 97.0 cm³/mol. The maximum Gasteiger partial charge on any atom is 0.225 e. The number of hydrogen-bond acceptors (Lipinski definition) is 4. The van der Waals surface area contributed by atoms with Crippen LogP contribution in [-0.2, 0) is 4.79 Å². The fourth-order valence-corrected chi connectivity index (χ4v) is 3.99. The molecule has 1 aromatic carbocycles. The van der Waals surface area contributed by atoms with Crippen LogP contribution in [0.25, 0.3) is 10.9 Å². The van der Waals surface area contributed by atoms with Gasteiger partial charge >= 0.3 is 0 Å². The van der Waals surface area contributed by atoms with E-state index < -0.39 is 0 Å². The van der Waals surface area contributed by atoms with Crippen LogP contribution in [-0.4, -0.2) is 34.9 Å². The Kier molecular flexibility index (Phi) is 4.27. The highest BCUT2D eigenvalue weighted by Gasteiger charge is 2.32. The first-order valence-corrected chi connectivity index (χ1v) is 9.09. The van der Waals surface area contributed by atoms with E-state index in [9.17, 15) is 4.79 Å². The average Bonchev–Trinajstić information content (AvgIpc) is 3.33. The highest BCUT2D eigenvalue weighted by Crippen LogP contribution is 2.28. The third kappa shape index (κ3) is 3.30. The van der Waals surface area contributed by atoms with Crippen molar-refractivity contribution >= 4 is 22.6 Å². The van der Waals surface area contributed by atoms with Crippen molar-refractivity contribution in [1.29, 1.82) is 5.26 Å². The summed E-state index contributed by atoms with van der Waals surface area (Å²) in [5.74, 6) is 1.43. The quantitative estimate of drug-likeness (QED) is 0.935. The van der Waals surface area contributed by atoms with Gasteiger partial charge in [-0.3, -0.25) is 4.79 Å². The topological polar surface area (TPSA) is 69.0 Å². The summed E-state index contributed by atoms with van der Waals surface area (Å²) in [4.78, 5) is 19.2. The van der Waals surface area contributed by atoms with Gasteiger partial charge in [-0.15, -0.1) is 0 Å². The van der Waals surface area contributed by atoms with Gasteiger partial charge in [-0.05, 0) is 49.6 Å². The molecule has 1 amide bonds. The summed E-state index contributed by atoms with van der Waals surface area (Å²) in [5, 5.41) is 13.4. The van der Waals surface area contributed by atoms with Crippen LogP contribution in [0, 0.1) is 17.2 Å². The van der Waals surface area contributed by atoms with Crippen LogP contribution >= 0.6 is 0 Å². The molecule has 1 aliphatic heterocycles. The van der Waals surface area contributed by atoms with E-state index in [1.807, 2.05) is 29.2 Å². The van der Waals surface area contributed by atoms with E-state index in [4.69, 9.17) is 5.26 Å². The third-order valence-corrected chi connectivity index (χ3v) is 5.37. The molecule has 1 saturated carbocycles. The number of nitrogens with zero attached hydrogens (tertiary/aromatic N) is 3. The van der Waals surface area contributed by atoms with Crippen molar-refractivity contribution in [3.05, 3.63) is 35.9 Å². The van der Waals surface area contributed by atoms with Gasteiger partial charge in [0.05, 0.1) is 17.1 Å². The maximum atomic E-state index is 12.5. The first kappa shape index (κ1) is 15.9. The van der Waals surface area contributed by atoms with Gasteiger partial charge < -0.3 is 10.2 Å². The lowest BCUT2D eigenvalue weighted by molar-refractivity contribution is -0.134. The Morgan fingerprint density at radius 2 is 2.04 bits per heavy atom. The zero-order chi connectivity index (χ0) is 17.2. The lowest BCUT2D eigenvalue weighted by Gasteiger charge is -2.21. The Balaban J connectivity index is 1.41. The molecule has 0 unspecified atom stereocenters. The van der Waals surface area contributed by atoms with Crippen molar-refractivity contribution < 1.29 is 4.79 Å². The van der Waals surface area contributed by atoms with Crippen molar-refractivity contribution in [3.8, 4) is 6.07 Å². The van der Waals surface area contributed by atoms with Crippen LogP contribution in [0.2, 0.25) is 0 Å². The number of benzene rings is 1. The van der Waals surface area contributed by atoms with Gasteiger partial charge in [0, 0.05) is 30.4 Å². The van der Waals surface area contributed by atoms with Crippen molar-refractivity contribution in [3.63, 3.8) is 0 Å². The van der Waals surface area contributed by atoms with Crippen molar-refractivity contribution in [1.82, 2.24) is 9.88 Å². The molecule has 2 heterocycles. The number of fused-ring (bicyclic) bond motifs is 1. The minimum Gasteiger partial charge on any atom is -0.365 e. The Labute approximate surface area is 147 Å². The van der Waals surface area contributed by atoms with Crippen molar-refractivity contribution in [2.45, 2.75) is 38.1 Å². The van der Waals surface area contributed by atoms with E-state index >= 15 is 0 Å². The van der Waals surface area contributed by atoms with Crippen LogP contribution in [0.1, 0.15) is 37.7 Å². The molecule has 1 saturated heterocycles. The number of likely N-dealkylation sites (tertiary alicyclic amines) is 1. The normalized spacial score (nSPS) is 20.8. The van der Waals surface area contributed by atoms with Crippen LogP contribution < -0.4 is 5.32 Å². The number of nitriles is 1. The molecular formula is C20H22N4O. The van der Waals surface area contributed by atoms with Crippen LogP contribution in [0.3, 0.4) is 0 Å². The highest BCUT2D eigenvalue weighted by atomic mass is 16.2. The highest BCUT2D eigenvalue weighted by molar-refractivity contribution is 5.82. The van der Waals surface area contributed by atoms with Crippen molar-refractivity contribution in [2.75, 3.05) is 18.4 Å². The molecule has 2 fully saturated rings. The number of amides is 1. The van der Waals surface area contributed by atoms with Gasteiger partial charge in [0.2, 0.25) is 5.91 Å². The molecule has 5 nitrogen and oxygen atoms in total. The molecule has 0 radical (unpaired) electrons. The number of carbonyl (C=O) groups is 1. The van der Waals surface area contributed by atoms with Crippen LogP contribution in [0.5, 0.6) is 0 Å². The lowest BCUT2D eigenvalue weighted by Crippen LogP contribution is -2.35. The van der Waals surface area contributed by atoms with Gasteiger partial charge in [0.15, 0.2) is 0 Å². The zero-order valence-electron chi connectivity index (χ0n) is 14.2. The minimum atomic E-state index is 0.256.